The predicted octanol–water partition coefficient (Wildman–Crippen LogP) is 6.90. The number of unbranched alkanes of at least 4 members (excludes halogenated alkanes) is 6. The third kappa shape index (κ3) is 15.0. The SMILES string of the molecule is CCCCCC[N+](CCCC)(CCCCl)CCCCC.Cc1ccc(S(=O)(=O)[O-])cc1. The molecule has 4 nitrogen and oxygen atoms in total. The van der Waals surface area contributed by atoms with E-state index in [1.165, 1.54) is 107 Å². The maximum absolute atomic E-state index is 10.4. The summed E-state index contributed by atoms with van der Waals surface area (Å²) in [5.41, 5.74) is 0.928. The number of rotatable bonds is 16. The third-order valence-electron chi connectivity index (χ3n) is 5.78. The number of benzene rings is 1. The Hall–Kier alpha value is -0.620. The Labute approximate surface area is 197 Å². The van der Waals surface area contributed by atoms with Gasteiger partial charge in [0.2, 0.25) is 0 Å². The van der Waals surface area contributed by atoms with Crippen molar-refractivity contribution in [1.29, 1.82) is 0 Å². The van der Waals surface area contributed by atoms with Crippen LogP contribution in [0.1, 0.15) is 90.5 Å². The van der Waals surface area contributed by atoms with Gasteiger partial charge in [0, 0.05) is 12.3 Å². The van der Waals surface area contributed by atoms with E-state index < -0.39 is 10.1 Å². The summed E-state index contributed by atoms with van der Waals surface area (Å²) >= 11 is 5.98. The van der Waals surface area contributed by atoms with Crippen molar-refractivity contribution in [2.24, 2.45) is 0 Å². The van der Waals surface area contributed by atoms with Crippen molar-refractivity contribution >= 4 is 21.7 Å². The smallest absolute Gasteiger partial charge is 0.124 e. The Balaban J connectivity index is 0.000000683. The van der Waals surface area contributed by atoms with Crippen LogP contribution in [0, 0.1) is 6.92 Å². The van der Waals surface area contributed by atoms with Gasteiger partial charge >= 0.3 is 0 Å². The van der Waals surface area contributed by atoms with Crippen molar-refractivity contribution in [1.82, 2.24) is 0 Å². The molecule has 1 rings (SSSR count). The lowest BCUT2D eigenvalue weighted by Gasteiger charge is -2.39. The molecule has 0 aliphatic rings. The van der Waals surface area contributed by atoms with E-state index >= 15 is 0 Å². The molecule has 31 heavy (non-hydrogen) atoms. The number of quaternary nitrogens is 1. The van der Waals surface area contributed by atoms with E-state index in [4.69, 9.17) is 11.6 Å². The summed E-state index contributed by atoms with van der Waals surface area (Å²) in [6.07, 6.45) is 13.6. The highest BCUT2D eigenvalue weighted by Crippen LogP contribution is 2.17. The number of halogens is 1. The lowest BCUT2D eigenvalue weighted by Crippen LogP contribution is -2.51. The summed E-state index contributed by atoms with van der Waals surface area (Å²) < 4.78 is 32.5. The number of hydrogen-bond acceptors (Lipinski definition) is 3. The van der Waals surface area contributed by atoms with Crippen LogP contribution in [0.4, 0.5) is 0 Å². The highest BCUT2D eigenvalue weighted by Gasteiger charge is 2.25. The van der Waals surface area contributed by atoms with Crippen LogP contribution in [0.2, 0.25) is 0 Å². The highest BCUT2D eigenvalue weighted by atomic mass is 35.5. The summed E-state index contributed by atoms with van der Waals surface area (Å²) in [6, 6.07) is 5.78. The fraction of sp³-hybridized carbons (Fsp3) is 0.760. The second-order valence-electron chi connectivity index (χ2n) is 8.67. The molecule has 0 spiro atoms. The zero-order valence-electron chi connectivity index (χ0n) is 20.4. The molecule has 1 aromatic carbocycles. The largest absolute Gasteiger partial charge is 0.744 e. The maximum Gasteiger partial charge on any atom is 0.124 e. The van der Waals surface area contributed by atoms with Gasteiger partial charge in [0.05, 0.1) is 31.1 Å². The quantitative estimate of drug-likeness (QED) is 0.113. The van der Waals surface area contributed by atoms with Gasteiger partial charge in [0.15, 0.2) is 0 Å². The Morgan fingerprint density at radius 1 is 0.742 bits per heavy atom. The Bertz CT molecular complexity index is 639. The van der Waals surface area contributed by atoms with E-state index in [9.17, 15) is 13.0 Å². The van der Waals surface area contributed by atoms with Gasteiger partial charge in [-0.1, -0.05) is 64.2 Å². The standard InChI is InChI=1S/C18H39ClN.C7H8O3S/c1-4-7-10-12-17-20(15-9-6-3,18-13-14-19)16-11-8-5-2;1-6-2-4-7(5-3-6)11(8,9)10/h4-18H2,1-3H3;2-5H,1H3,(H,8,9,10)/q+1;/p-1. The van der Waals surface area contributed by atoms with Crippen LogP contribution in [0.25, 0.3) is 0 Å². The van der Waals surface area contributed by atoms with Crippen LogP contribution in [0.15, 0.2) is 29.2 Å². The topological polar surface area (TPSA) is 57.2 Å². The van der Waals surface area contributed by atoms with Crippen molar-refractivity contribution < 1.29 is 17.5 Å². The van der Waals surface area contributed by atoms with E-state index in [1.54, 1.807) is 12.1 Å². The summed E-state index contributed by atoms with van der Waals surface area (Å²) in [6.45, 7) is 14.2. The number of nitrogens with zero attached hydrogens (tertiary/aromatic N) is 1. The van der Waals surface area contributed by atoms with Gasteiger partial charge in [-0.05, 0) is 51.2 Å². The lowest BCUT2D eigenvalue weighted by molar-refractivity contribution is -0.928. The first kappa shape index (κ1) is 30.4. The van der Waals surface area contributed by atoms with Crippen LogP contribution in [0.5, 0.6) is 0 Å². The minimum absolute atomic E-state index is 0.178. The zero-order chi connectivity index (χ0) is 23.6. The van der Waals surface area contributed by atoms with Crippen molar-refractivity contribution in [3.8, 4) is 0 Å². The molecule has 1 atom stereocenters. The summed E-state index contributed by atoms with van der Waals surface area (Å²) in [4.78, 5) is -0.178. The second kappa shape index (κ2) is 17.9. The maximum atomic E-state index is 10.4. The molecule has 0 heterocycles. The molecule has 0 amide bonds. The Morgan fingerprint density at radius 3 is 1.68 bits per heavy atom. The van der Waals surface area contributed by atoms with Gasteiger partial charge in [-0.25, -0.2) is 8.42 Å². The number of alkyl halides is 1. The summed E-state index contributed by atoms with van der Waals surface area (Å²) in [5, 5.41) is 0. The van der Waals surface area contributed by atoms with E-state index in [2.05, 4.69) is 20.8 Å². The lowest BCUT2D eigenvalue weighted by atomic mass is 10.1. The van der Waals surface area contributed by atoms with Gasteiger partial charge in [-0.2, -0.15) is 0 Å². The molecule has 0 saturated carbocycles. The molecular weight excluding hydrogens is 430 g/mol. The minimum Gasteiger partial charge on any atom is -0.744 e. The normalized spacial score (nSPS) is 13.4. The molecule has 1 unspecified atom stereocenters. The van der Waals surface area contributed by atoms with Crippen LogP contribution < -0.4 is 0 Å². The summed E-state index contributed by atoms with van der Waals surface area (Å²) in [7, 11) is -4.27. The minimum atomic E-state index is -4.27. The molecule has 0 aromatic heterocycles. The van der Waals surface area contributed by atoms with Crippen molar-refractivity contribution in [2.45, 2.75) is 96.8 Å². The molecule has 0 aliphatic heterocycles. The molecule has 0 radical (unpaired) electrons. The Morgan fingerprint density at radius 2 is 1.19 bits per heavy atom. The first-order valence-corrected chi connectivity index (χ1v) is 14.1. The number of aryl methyl sites for hydroxylation is 1. The highest BCUT2D eigenvalue weighted by molar-refractivity contribution is 7.85. The zero-order valence-corrected chi connectivity index (χ0v) is 21.9. The van der Waals surface area contributed by atoms with E-state index in [1.807, 2.05) is 6.92 Å². The van der Waals surface area contributed by atoms with Gasteiger partial charge in [-0.3, -0.25) is 0 Å². The predicted molar refractivity (Wildman–Crippen MR) is 133 cm³/mol. The molecule has 6 heteroatoms. The average molecular weight is 476 g/mol. The molecular formula is C25H46ClNO3S. The monoisotopic (exact) mass is 475 g/mol. The molecule has 0 fully saturated rings. The Kier molecular flexibility index (Phi) is 17.5. The van der Waals surface area contributed by atoms with Crippen LogP contribution in [-0.4, -0.2) is 49.5 Å². The van der Waals surface area contributed by atoms with Gasteiger partial charge in [0.25, 0.3) is 0 Å². The third-order valence-corrected chi connectivity index (χ3v) is 6.90. The van der Waals surface area contributed by atoms with Crippen LogP contribution >= 0.6 is 11.6 Å². The fourth-order valence-electron chi connectivity index (χ4n) is 3.84. The van der Waals surface area contributed by atoms with E-state index in [-0.39, 0.29) is 4.90 Å². The van der Waals surface area contributed by atoms with E-state index in [0.29, 0.717) is 0 Å². The van der Waals surface area contributed by atoms with Crippen molar-refractivity contribution in [3.05, 3.63) is 29.8 Å². The van der Waals surface area contributed by atoms with Gasteiger partial charge in [0.1, 0.15) is 10.1 Å². The second-order valence-corrected chi connectivity index (χ2v) is 10.4. The first-order valence-electron chi connectivity index (χ1n) is 12.2. The summed E-state index contributed by atoms with van der Waals surface area (Å²) in [5.74, 6) is 0.828. The van der Waals surface area contributed by atoms with Crippen LogP contribution in [-0.2, 0) is 10.1 Å². The van der Waals surface area contributed by atoms with Gasteiger partial charge < -0.3 is 9.04 Å². The van der Waals surface area contributed by atoms with Crippen molar-refractivity contribution in [3.63, 3.8) is 0 Å². The molecule has 0 bridgehead atoms. The van der Waals surface area contributed by atoms with E-state index in [0.717, 1.165) is 11.4 Å². The van der Waals surface area contributed by atoms with Crippen LogP contribution in [0.3, 0.4) is 0 Å². The molecule has 182 valence electrons. The van der Waals surface area contributed by atoms with Gasteiger partial charge in [-0.15, -0.1) is 11.6 Å². The molecule has 0 N–H and O–H groups in total. The van der Waals surface area contributed by atoms with Crippen molar-refractivity contribution in [2.75, 3.05) is 32.1 Å². The molecule has 0 saturated heterocycles. The molecule has 1 aromatic rings. The number of hydrogen-bond donors (Lipinski definition) is 0. The fourth-order valence-corrected chi connectivity index (χ4v) is 4.42. The molecule has 0 aliphatic carbocycles. The first-order chi connectivity index (χ1) is 14.7. The average Bonchev–Trinajstić information content (AvgIpc) is 2.74.